The van der Waals surface area contributed by atoms with E-state index in [1.807, 2.05) is 0 Å². The van der Waals surface area contributed by atoms with Crippen molar-refractivity contribution in [3.8, 4) is 12.3 Å². The molecule has 0 aromatic heterocycles. The minimum Gasteiger partial charge on any atom is -0.475 e. The number of ether oxygens (including phenoxy) is 1. The summed E-state index contributed by atoms with van der Waals surface area (Å²) in [5.74, 6) is -0.264. The molecule has 4 nitrogen and oxygen atoms in total. The van der Waals surface area contributed by atoms with Crippen molar-refractivity contribution in [1.82, 2.24) is 0 Å². The zero-order valence-electron chi connectivity index (χ0n) is 7.67. The molecular weight excluding hydrogens is 215 g/mol. The minimum absolute atomic E-state index is 0.458. The first-order chi connectivity index (χ1) is 6.71. The van der Waals surface area contributed by atoms with Gasteiger partial charge in [0.25, 0.3) is 0 Å². The van der Waals surface area contributed by atoms with Crippen LogP contribution in [0.25, 0.3) is 0 Å². The smallest absolute Gasteiger partial charge is 0.475 e. The van der Waals surface area contributed by atoms with Crippen molar-refractivity contribution in [3.63, 3.8) is 0 Å². The molecule has 1 saturated heterocycles. The van der Waals surface area contributed by atoms with Crippen molar-refractivity contribution in [1.29, 1.82) is 0 Å². The van der Waals surface area contributed by atoms with Crippen LogP contribution in [0.1, 0.15) is 6.42 Å². The van der Waals surface area contributed by atoms with Gasteiger partial charge < -0.3 is 15.6 Å². The van der Waals surface area contributed by atoms with Gasteiger partial charge in [-0.3, -0.25) is 0 Å². The number of halogens is 3. The van der Waals surface area contributed by atoms with Gasteiger partial charge in [0.05, 0.1) is 6.61 Å². The Morgan fingerprint density at radius 2 is 2.07 bits per heavy atom. The highest BCUT2D eigenvalue weighted by atomic mass is 19.4. The molecule has 1 atom stereocenters. The minimum atomic E-state index is -5.08. The highest BCUT2D eigenvalue weighted by molar-refractivity contribution is 5.73. The van der Waals surface area contributed by atoms with Crippen molar-refractivity contribution in [3.05, 3.63) is 0 Å². The Bertz CT molecular complexity index is 263. The number of terminal acetylenes is 1. The largest absolute Gasteiger partial charge is 0.490 e. The van der Waals surface area contributed by atoms with E-state index in [0.717, 1.165) is 6.42 Å². The highest BCUT2D eigenvalue weighted by Crippen LogP contribution is 2.13. The second kappa shape index (κ2) is 5.00. The summed E-state index contributed by atoms with van der Waals surface area (Å²) in [4.78, 5) is 8.90. The molecule has 1 heterocycles. The van der Waals surface area contributed by atoms with E-state index in [1.54, 1.807) is 0 Å². The van der Waals surface area contributed by atoms with Crippen LogP contribution in [0.3, 0.4) is 0 Å². The van der Waals surface area contributed by atoms with Crippen molar-refractivity contribution in [2.24, 2.45) is 5.73 Å². The van der Waals surface area contributed by atoms with Gasteiger partial charge in [-0.2, -0.15) is 13.2 Å². The SMILES string of the molecule is C#CC1(N)CCOC1.O=C(O)C(F)(F)F. The second-order valence-corrected chi connectivity index (χ2v) is 2.91. The summed E-state index contributed by atoms with van der Waals surface area (Å²) in [6.45, 7) is 1.23. The fourth-order valence-corrected chi connectivity index (χ4v) is 0.695. The van der Waals surface area contributed by atoms with Crippen molar-refractivity contribution in [2.45, 2.75) is 18.1 Å². The Morgan fingerprint density at radius 1 is 1.60 bits per heavy atom. The van der Waals surface area contributed by atoms with Crippen LogP contribution in [-0.2, 0) is 9.53 Å². The van der Waals surface area contributed by atoms with Gasteiger partial charge in [0.2, 0.25) is 0 Å². The topological polar surface area (TPSA) is 72.5 Å². The Hall–Kier alpha value is -1.26. The maximum atomic E-state index is 10.6. The zero-order valence-corrected chi connectivity index (χ0v) is 7.67. The summed E-state index contributed by atoms with van der Waals surface area (Å²) in [6.07, 6.45) is 0.825. The lowest BCUT2D eigenvalue weighted by molar-refractivity contribution is -0.192. The Labute approximate surface area is 84.2 Å². The van der Waals surface area contributed by atoms with Crippen molar-refractivity contribution in [2.75, 3.05) is 13.2 Å². The summed E-state index contributed by atoms with van der Waals surface area (Å²) in [5, 5.41) is 7.12. The lowest BCUT2D eigenvalue weighted by Gasteiger charge is -2.10. The van der Waals surface area contributed by atoms with Gasteiger partial charge in [-0.25, -0.2) is 4.79 Å². The Morgan fingerprint density at radius 3 is 2.20 bits per heavy atom. The Kier molecular flexibility index (Phi) is 4.58. The summed E-state index contributed by atoms with van der Waals surface area (Å²) in [5.41, 5.74) is 5.14. The van der Waals surface area contributed by atoms with Crippen molar-refractivity contribution >= 4 is 5.97 Å². The molecule has 0 bridgehead atoms. The summed E-state index contributed by atoms with van der Waals surface area (Å²) >= 11 is 0. The summed E-state index contributed by atoms with van der Waals surface area (Å²) in [6, 6.07) is 0. The fraction of sp³-hybridized carbons (Fsp3) is 0.625. The quantitative estimate of drug-likeness (QED) is 0.584. The van der Waals surface area contributed by atoms with Crippen LogP contribution in [0.5, 0.6) is 0 Å². The van der Waals surface area contributed by atoms with Crippen LogP contribution in [0, 0.1) is 12.3 Å². The van der Waals surface area contributed by atoms with E-state index in [4.69, 9.17) is 26.8 Å². The number of aliphatic carboxylic acids is 1. The number of hydrogen-bond donors (Lipinski definition) is 2. The Balaban J connectivity index is 0.000000265. The number of hydrogen-bond acceptors (Lipinski definition) is 3. The normalized spacial score (nSPS) is 25.0. The molecule has 0 aromatic carbocycles. The first-order valence-corrected chi connectivity index (χ1v) is 3.86. The molecule has 0 amide bonds. The van der Waals surface area contributed by atoms with Crippen LogP contribution in [-0.4, -0.2) is 36.0 Å². The van der Waals surface area contributed by atoms with Gasteiger partial charge in [-0.1, -0.05) is 5.92 Å². The first kappa shape index (κ1) is 13.7. The van der Waals surface area contributed by atoms with Gasteiger partial charge in [-0.15, -0.1) is 6.42 Å². The monoisotopic (exact) mass is 225 g/mol. The summed E-state index contributed by atoms with van der Waals surface area (Å²) < 4.78 is 36.7. The third-order valence-electron chi connectivity index (χ3n) is 1.58. The average molecular weight is 225 g/mol. The third kappa shape index (κ3) is 5.24. The third-order valence-corrected chi connectivity index (χ3v) is 1.58. The molecule has 1 aliphatic heterocycles. The predicted octanol–water partition coefficient (Wildman–Crippen LogP) is 0.371. The molecule has 0 saturated carbocycles. The van der Waals surface area contributed by atoms with Crippen LogP contribution >= 0.6 is 0 Å². The number of rotatable bonds is 0. The van der Waals surface area contributed by atoms with E-state index in [2.05, 4.69) is 5.92 Å². The molecule has 1 unspecified atom stereocenters. The molecule has 0 spiro atoms. The first-order valence-electron chi connectivity index (χ1n) is 3.86. The lowest BCUT2D eigenvalue weighted by Crippen LogP contribution is -2.38. The molecule has 0 aliphatic carbocycles. The van der Waals surface area contributed by atoms with E-state index in [-0.39, 0.29) is 0 Å². The lowest BCUT2D eigenvalue weighted by atomic mass is 10.0. The van der Waals surface area contributed by atoms with Crippen molar-refractivity contribution < 1.29 is 27.8 Å². The van der Waals surface area contributed by atoms with E-state index in [9.17, 15) is 13.2 Å². The second-order valence-electron chi connectivity index (χ2n) is 2.91. The van der Waals surface area contributed by atoms with Gasteiger partial charge in [-0.05, 0) is 0 Å². The average Bonchev–Trinajstić information content (AvgIpc) is 2.52. The molecule has 1 rings (SSSR count). The van der Waals surface area contributed by atoms with Gasteiger partial charge in [0.15, 0.2) is 0 Å². The molecule has 0 radical (unpaired) electrons. The molecular formula is C8H10F3NO3. The molecule has 0 aromatic rings. The van der Waals surface area contributed by atoms with Gasteiger partial charge in [0.1, 0.15) is 5.54 Å². The van der Waals surface area contributed by atoms with Crippen LogP contribution in [0.15, 0.2) is 0 Å². The molecule has 3 N–H and O–H groups in total. The molecule has 7 heteroatoms. The molecule has 15 heavy (non-hydrogen) atoms. The van der Waals surface area contributed by atoms with Gasteiger partial charge >= 0.3 is 12.1 Å². The van der Waals surface area contributed by atoms with E-state index in [0.29, 0.717) is 13.2 Å². The van der Waals surface area contributed by atoms with E-state index < -0.39 is 17.7 Å². The maximum absolute atomic E-state index is 10.6. The highest BCUT2D eigenvalue weighted by Gasteiger charge is 2.38. The molecule has 1 aliphatic rings. The van der Waals surface area contributed by atoms with Crippen LogP contribution in [0.4, 0.5) is 13.2 Å². The van der Waals surface area contributed by atoms with Crippen LogP contribution < -0.4 is 5.73 Å². The van der Waals surface area contributed by atoms with Gasteiger partial charge in [0, 0.05) is 13.0 Å². The fourth-order valence-electron chi connectivity index (χ4n) is 0.695. The van der Waals surface area contributed by atoms with Crippen LogP contribution in [0.2, 0.25) is 0 Å². The number of alkyl halides is 3. The number of carboxylic acids is 1. The predicted molar refractivity (Wildman–Crippen MR) is 44.9 cm³/mol. The molecule has 1 fully saturated rings. The zero-order chi connectivity index (χ0) is 12.1. The number of carboxylic acid groups (broad SMARTS) is 1. The molecule has 86 valence electrons. The number of carbonyl (C=O) groups is 1. The maximum Gasteiger partial charge on any atom is 0.490 e. The van der Waals surface area contributed by atoms with E-state index >= 15 is 0 Å². The standard InChI is InChI=1S/C6H9NO.C2HF3O2/c1-2-6(7)3-4-8-5-6;3-2(4,5)1(6)7/h1H,3-5,7H2;(H,6,7). The number of nitrogens with two attached hydrogens (primary N) is 1. The van der Waals surface area contributed by atoms with E-state index in [1.165, 1.54) is 0 Å². The summed E-state index contributed by atoms with van der Waals surface area (Å²) in [7, 11) is 0.